The molecule has 0 fully saturated rings. The molecule has 4 aromatic heterocycles. The topological polar surface area (TPSA) is 56.7 Å². The summed E-state index contributed by atoms with van der Waals surface area (Å²) in [7, 11) is 0. The quantitative estimate of drug-likeness (QED) is 0.176. The van der Waals surface area contributed by atoms with E-state index < -0.39 is 0 Å². The molecule has 6 heteroatoms. The predicted octanol–water partition coefficient (Wildman–Crippen LogP) is 13.9. The zero-order valence-corrected chi connectivity index (χ0v) is 31.2. The maximum absolute atomic E-state index is 6.46. The summed E-state index contributed by atoms with van der Waals surface area (Å²) >= 11 is 1.80. The first-order valence-corrected chi connectivity index (χ1v) is 19.8. The van der Waals surface area contributed by atoms with Gasteiger partial charge in [0.15, 0.2) is 17.5 Å². The summed E-state index contributed by atoms with van der Waals surface area (Å²) in [5.41, 5.74) is 10.3. The molecule has 0 saturated heterocycles. The monoisotopic (exact) mass is 746 g/mol. The first-order chi connectivity index (χ1) is 28.2. The summed E-state index contributed by atoms with van der Waals surface area (Å²) in [5, 5.41) is 6.91. The van der Waals surface area contributed by atoms with Crippen molar-refractivity contribution in [2.24, 2.45) is 0 Å². The molecule has 8 aromatic carbocycles. The van der Waals surface area contributed by atoms with Crippen molar-refractivity contribution in [1.82, 2.24) is 19.5 Å². The third kappa shape index (κ3) is 5.04. The zero-order chi connectivity index (χ0) is 37.5. The second-order valence-corrected chi connectivity index (χ2v) is 15.4. The smallest absolute Gasteiger partial charge is 0.167 e. The van der Waals surface area contributed by atoms with Gasteiger partial charge >= 0.3 is 0 Å². The van der Waals surface area contributed by atoms with Gasteiger partial charge in [-0.2, -0.15) is 0 Å². The minimum Gasteiger partial charge on any atom is -0.455 e. The Balaban J connectivity index is 1.02. The fourth-order valence-corrected chi connectivity index (χ4v) is 9.63. The molecule has 57 heavy (non-hydrogen) atoms. The Morgan fingerprint density at radius 3 is 1.93 bits per heavy atom. The SMILES string of the molecule is c1ccc(-c2nc(-c3cccc4c3oc3ccccc34)nc(-c3cccc4sc5cc(-c6ccc7c(c6)c6ccccc6n7-c6ccccc6)ccc5c34)n2)cc1. The van der Waals surface area contributed by atoms with Gasteiger partial charge in [-0.05, 0) is 65.7 Å². The van der Waals surface area contributed by atoms with Gasteiger partial charge in [0.05, 0.1) is 16.6 Å². The van der Waals surface area contributed by atoms with Gasteiger partial charge in [-0.3, -0.25) is 0 Å². The maximum atomic E-state index is 6.46. The number of aromatic nitrogens is 4. The molecule has 0 bridgehead atoms. The highest BCUT2D eigenvalue weighted by Gasteiger charge is 2.20. The number of rotatable bonds is 5. The maximum Gasteiger partial charge on any atom is 0.167 e. The Morgan fingerprint density at radius 1 is 0.404 bits per heavy atom. The summed E-state index contributed by atoms with van der Waals surface area (Å²) < 4.78 is 11.2. The third-order valence-electron chi connectivity index (χ3n) is 11.1. The molecule has 12 rings (SSSR count). The molecule has 4 heterocycles. The van der Waals surface area contributed by atoms with E-state index >= 15 is 0 Å². The molecule has 0 N–H and O–H groups in total. The molecule has 12 aromatic rings. The van der Waals surface area contributed by atoms with E-state index in [0.717, 1.165) is 49.7 Å². The molecule has 0 aliphatic carbocycles. The first kappa shape index (κ1) is 31.9. The van der Waals surface area contributed by atoms with Crippen LogP contribution in [-0.4, -0.2) is 19.5 Å². The average molecular weight is 747 g/mol. The van der Waals surface area contributed by atoms with E-state index in [1.807, 2.05) is 54.6 Å². The summed E-state index contributed by atoms with van der Waals surface area (Å²) in [6, 6.07) is 63.9. The van der Waals surface area contributed by atoms with Crippen molar-refractivity contribution in [3.63, 3.8) is 0 Å². The van der Waals surface area contributed by atoms with Crippen LogP contribution in [0.3, 0.4) is 0 Å². The highest BCUT2D eigenvalue weighted by molar-refractivity contribution is 7.26. The van der Waals surface area contributed by atoms with E-state index in [1.165, 1.54) is 47.7 Å². The zero-order valence-electron chi connectivity index (χ0n) is 30.4. The lowest BCUT2D eigenvalue weighted by molar-refractivity contribution is 0.669. The van der Waals surface area contributed by atoms with E-state index in [4.69, 9.17) is 19.4 Å². The Morgan fingerprint density at radius 2 is 1.05 bits per heavy atom. The number of benzene rings is 8. The number of thiophene rings is 1. The number of para-hydroxylation sites is 4. The minimum atomic E-state index is 0.575. The van der Waals surface area contributed by atoms with Crippen LogP contribution in [0.25, 0.3) is 115 Å². The van der Waals surface area contributed by atoms with Crippen molar-refractivity contribution in [2.75, 3.05) is 0 Å². The minimum absolute atomic E-state index is 0.575. The summed E-state index contributed by atoms with van der Waals surface area (Å²) in [6.45, 7) is 0. The van der Waals surface area contributed by atoms with Crippen LogP contribution < -0.4 is 0 Å². The summed E-state index contributed by atoms with van der Waals surface area (Å²) in [5.74, 6) is 1.82. The van der Waals surface area contributed by atoms with E-state index in [9.17, 15) is 0 Å². The van der Waals surface area contributed by atoms with E-state index in [1.54, 1.807) is 11.3 Å². The third-order valence-corrected chi connectivity index (χ3v) is 12.2. The molecule has 0 saturated carbocycles. The molecule has 0 amide bonds. The fraction of sp³-hybridized carbons (Fsp3) is 0. The van der Waals surface area contributed by atoms with Crippen molar-refractivity contribution >= 4 is 75.3 Å². The number of nitrogens with zero attached hydrogens (tertiary/aromatic N) is 4. The van der Waals surface area contributed by atoms with Gasteiger partial charge in [-0.25, -0.2) is 15.0 Å². The van der Waals surface area contributed by atoms with Crippen molar-refractivity contribution in [3.8, 4) is 51.0 Å². The molecule has 0 unspecified atom stereocenters. The van der Waals surface area contributed by atoms with Crippen molar-refractivity contribution in [2.45, 2.75) is 0 Å². The highest BCUT2D eigenvalue weighted by atomic mass is 32.1. The Labute approximate surface area is 330 Å². The van der Waals surface area contributed by atoms with Crippen molar-refractivity contribution in [3.05, 3.63) is 182 Å². The Bertz CT molecular complexity index is 3530. The van der Waals surface area contributed by atoms with E-state index in [0.29, 0.717) is 17.5 Å². The average Bonchev–Trinajstić information content (AvgIpc) is 3.96. The van der Waals surface area contributed by atoms with Crippen LogP contribution in [0.5, 0.6) is 0 Å². The molecule has 5 nitrogen and oxygen atoms in total. The van der Waals surface area contributed by atoms with Crippen LogP contribution in [0, 0.1) is 0 Å². The normalized spacial score (nSPS) is 11.9. The fourth-order valence-electron chi connectivity index (χ4n) is 8.46. The van der Waals surface area contributed by atoms with Crippen LogP contribution in [-0.2, 0) is 0 Å². The number of fused-ring (bicyclic) bond motifs is 9. The van der Waals surface area contributed by atoms with Crippen molar-refractivity contribution < 1.29 is 4.42 Å². The van der Waals surface area contributed by atoms with E-state index in [-0.39, 0.29) is 0 Å². The van der Waals surface area contributed by atoms with Gasteiger partial charge in [-0.15, -0.1) is 11.3 Å². The first-order valence-electron chi connectivity index (χ1n) is 19.0. The van der Waals surface area contributed by atoms with Gasteiger partial charge < -0.3 is 8.98 Å². The number of hydrogen-bond acceptors (Lipinski definition) is 5. The summed E-state index contributed by atoms with van der Waals surface area (Å²) in [6.07, 6.45) is 0. The van der Waals surface area contributed by atoms with Gasteiger partial charge in [0.2, 0.25) is 0 Å². The molecular weight excluding hydrogens is 717 g/mol. The van der Waals surface area contributed by atoms with Gasteiger partial charge in [-0.1, -0.05) is 127 Å². The highest BCUT2D eigenvalue weighted by Crippen LogP contribution is 2.43. The van der Waals surface area contributed by atoms with E-state index in [2.05, 4.69) is 132 Å². The van der Waals surface area contributed by atoms with Crippen molar-refractivity contribution in [1.29, 1.82) is 0 Å². The van der Waals surface area contributed by atoms with Gasteiger partial charge in [0, 0.05) is 58.5 Å². The summed E-state index contributed by atoms with van der Waals surface area (Å²) in [4.78, 5) is 15.4. The molecular formula is C51H30N4OS. The van der Waals surface area contributed by atoms with Crippen LogP contribution in [0.2, 0.25) is 0 Å². The van der Waals surface area contributed by atoms with Crippen LogP contribution in [0.1, 0.15) is 0 Å². The molecule has 0 aliphatic rings. The Kier molecular flexibility index (Phi) is 7.03. The standard InChI is InChI=1S/C51H30N4OS/c1-3-13-31(14-4-1)49-52-50(54-51(53-49)40-21-11-19-37-36-18-8-10-23-44(36)56-48(37)40)39-20-12-24-45-47(39)38-27-25-33(30-46(38)57-45)32-26-28-43-41(29-32)35-17-7-9-22-42(35)55(43)34-15-5-2-6-16-34/h1-30H. The number of hydrogen-bond donors (Lipinski definition) is 0. The van der Waals surface area contributed by atoms with Gasteiger partial charge in [0.25, 0.3) is 0 Å². The van der Waals surface area contributed by atoms with Crippen LogP contribution in [0.4, 0.5) is 0 Å². The largest absolute Gasteiger partial charge is 0.455 e. The molecule has 0 aliphatic heterocycles. The second-order valence-electron chi connectivity index (χ2n) is 14.4. The van der Waals surface area contributed by atoms with Crippen LogP contribution >= 0.6 is 11.3 Å². The lowest BCUT2D eigenvalue weighted by atomic mass is 10.00. The molecule has 266 valence electrons. The molecule has 0 spiro atoms. The lowest BCUT2D eigenvalue weighted by Crippen LogP contribution is -2.00. The predicted molar refractivity (Wildman–Crippen MR) is 236 cm³/mol. The van der Waals surface area contributed by atoms with Gasteiger partial charge in [0.1, 0.15) is 11.2 Å². The number of furan rings is 1. The Hall–Kier alpha value is -7.41. The lowest BCUT2D eigenvalue weighted by Gasteiger charge is -2.10. The molecule has 0 atom stereocenters. The van der Waals surface area contributed by atoms with Crippen LogP contribution in [0.15, 0.2) is 186 Å². The molecule has 0 radical (unpaired) electrons. The second kappa shape index (κ2) is 12.6.